The van der Waals surface area contributed by atoms with Crippen LogP contribution in [0.4, 0.5) is 0 Å². The van der Waals surface area contributed by atoms with Crippen LogP contribution in [0.3, 0.4) is 0 Å². The number of rotatable bonds is 5. The van der Waals surface area contributed by atoms with E-state index < -0.39 is 0 Å². The number of aliphatic imine (C=N–C) groups is 1. The number of guanidine groups is 1. The highest BCUT2D eigenvalue weighted by atomic mass is 15.2. The number of nitrogens with two attached hydrogens (primary N) is 1. The maximum Gasteiger partial charge on any atom is 0.188 e. The van der Waals surface area contributed by atoms with Crippen LogP contribution in [-0.2, 0) is 0 Å². The van der Waals surface area contributed by atoms with Gasteiger partial charge in [-0.05, 0) is 38.8 Å². The Morgan fingerprint density at radius 1 is 1.24 bits per heavy atom. The van der Waals surface area contributed by atoms with E-state index in [0.717, 1.165) is 13.1 Å². The Balaban J connectivity index is 2.22. The fourth-order valence-corrected chi connectivity index (χ4v) is 2.08. The second kappa shape index (κ2) is 7.54. The van der Waals surface area contributed by atoms with Crippen LogP contribution < -0.4 is 11.1 Å². The van der Waals surface area contributed by atoms with Gasteiger partial charge in [-0.25, -0.2) is 0 Å². The Kier molecular flexibility index (Phi) is 6.34. The fourth-order valence-electron chi connectivity index (χ4n) is 2.08. The summed E-state index contributed by atoms with van der Waals surface area (Å²) in [4.78, 5) is 6.84. The molecular formula is C13H28N4. The van der Waals surface area contributed by atoms with Crippen LogP contribution in [0.2, 0.25) is 0 Å². The first-order valence-corrected chi connectivity index (χ1v) is 6.87. The maximum atomic E-state index is 5.82. The minimum Gasteiger partial charge on any atom is -0.370 e. The molecule has 1 atom stereocenters. The van der Waals surface area contributed by atoms with Crippen LogP contribution in [0.15, 0.2) is 4.99 Å². The number of nitrogens with zero attached hydrogens (tertiary/aromatic N) is 2. The molecule has 0 radical (unpaired) electrons. The monoisotopic (exact) mass is 240 g/mol. The second-order valence-corrected chi connectivity index (χ2v) is 5.45. The highest BCUT2D eigenvalue weighted by Gasteiger charge is 2.16. The average molecular weight is 240 g/mol. The van der Waals surface area contributed by atoms with Gasteiger partial charge in [0, 0.05) is 19.1 Å². The molecule has 0 saturated carbocycles. The molecule has 1 unspecified atom stereocenters. The molecule has 0 spiro atoms. The molecule has 0 amide bonds. The summed E-state index contributed by atoms with van der Waals surface area (Å²) in [6.45, 7) is 10.7. The number of piperidine rings is 1. The molecular weight excluding hydrogens is 212 g/mol. The zero-order chi connectivity index (χ0) is 12.7. The molecule has 1 heterocycles. The van der Waals surface area contributed by atoms with Crippen LogP contribution in [0.1, 0.15) is 40.0 Å². The van der Waals surface area contributed by atoms with Gasteiger partial charge in [-0.1, -0.05) is 20.3 Å². The zero-order valence-electron chi connectivity index (χ0n) is 11.6. The van der Waals surface area contributed by atoms with E-state index in [1.807, 2.05) is 0 Å². The molecule has 1 rings (SSSR count). The molecule has 0 bridgehead atoms. The van der Waals surface area contributed by atoms with E-state index >= 15 is 0 Å². The SMILES string of the molecule is CC(C)CN=C(N)NCC(C)N1CCCCC1. The lowest BCUT2D eigenvalue weighted by Gasteiger charge is -2.32. The van der Waals surface area contributed by atoms with Crippen molar-refractivity contribution in [1.82, 2.24) is 10.2 Å². The van der Waals surface area contributed by atoms with Crippen molar-refractivity contribution in [3.8, 4) is 0 Å². The summed E-state index contributed by atoms with van der Waals surface area (Å²) >= 11 is 0. The highest BCUT2D eigenvalue weighted by molar-refractivity contribution is 5.77. The van der Waals surface area contributed by atoms with Crippen molar-refractivity contribution in [3.05, 3.63) is 0 Å². The van der Waals surface area contributed by atoms with Crippen LogP contribution in [-0.4, -0.2) is 43.1 Å². The summed E-state index contributed by atoms with van der Waals surface area (Å²) in [5.74, 6) is 1.15. The van der Waals surface area contributed by atoms with Crippen molar-refractivity contribution < 1.29 is 0 Å². The van der Waals surface area contributed by atoms with E-state index in [1.54, 1.807) is 0 Å². The molecule has 0 aromatic heterocycles. The lowest BCUT2D eigenvalue weighted by atomic mass is 10.1. The molecule has 17 heavy (non-hydrogen) atoms. The zero-order valence-corrected chi connectivity index (χ0v) is 11.6. The molecule has 0 aromatic carbocycles. The van der Waals surface area contributed by atoms with Gasteiger partial charge >= 0.3 is 0 Å². The normalized spacial score (nSPS) is 20.6. The van der Waals surface area contributed by atoms with Crippen LogP contribution in [0, 0.1) is 5.92 Å². The minimum absolute atomic E-state index is 0.545. The Bertz CT molecular complexity index is 232. The summed E-state index contributed by atoms with van der Waals surface area (Å²) in [6.07, 6.45) is 4.05. The highest BCUT2D eigenvalue weighted by Crippen LogP contribution is 2.11. The molecule has 4 heteroatoms. The van der Waals surface area contributed by atoms with E-state index in [4.69, 9.17) is 5.73 Å². The molecule has 1 fully saturated rings. The van der Waals surface area contributed by atoms with Crippen molar-refractivity contribution in [2.45, 2.75) is 46.1 Å². The van der Waals surface area contributed by atoms with E-state index in [1.165, 1.54) is 32.4 Å². The van der Waals surface area contributed by atoms with Gasteiger partial charge in [0.15, 0.2) is 5.96 Å². The van der Waals surface area contributed by atoms with Crippen molar-refractivity contribution in [1.29, 1.82) is 0 Å². The molecule has 1 saturated heterocycles. The van der Waals surface area contributed by atoms with Gasteiger partial charge < -0.3 is 11.1 Å². The maximum absolute atomic E-state index is 5.82. The predicted octanol–water partition coefficient (Wildman–Crippen LogP) is 1.42. The Labute approximate surface area is 106 Å². The lowest BCUT2D eigenvalue weighted by Crippen LogP contribution is -2.46. The molecule has 0 aromatic rings. The van der Waals surface area contributed by atoms with Gasteiger partial charge in [0.25, 0.3) is 0 Å². The predicted molar refractivity (Wildman–Crippen MR) is 74.2 cm³/mol. The summed E-state index contributed by atoms with van der Waals surface area (Å²) in [7, 11) is 0. The summed E-state index contributed by atoms with van der Waals surface area (Å²) in [5, 5.41) is 3.22. The average Bonchev–Trinajstić information content (AvgIpc) is 2.34. The van der Waals surface area contributed by atoms with Crippen LogP contribution in [0.5, 0.6) is 0 Å². The Morgan fingerprint density at radius 3 is 2.47 bits per heavy atom. The number of hydrogen-bond donors (Lipinski definition) is 2. The Morgan fingerprint density at radius 2 is 1.88 bits per heavy atom. The Hall–Kier alpha value is -0.770. The third kappa shape index (κ3) is 5.91. The van der Waals surface area contributed by atoms with Crippen LogP contribution in [0.25, 0.3) is 0 Å². The number of hydrogen-bond acceptors (Lipinski definition) is 2. The van der Waals surface area contributed by atoms with E-state index in [9.17, 15) is 0 Å². The first kappa shape index (κ1) is 14.3. The first-order chi connectivity index (χ1) is 8.09. The number of nitrogens with one attached hydrogen (secondary N) is 1. The molecule has 3 N–H and O–H groups in total. The molecule has 1 aliphatic heterocycles. The van der Waals surface area contributed by atoms with E-state index in [0.29, 0.717) is 17.9 Å². The van der Waals surface area contributed by atoms with Gasteiger partial charge in [-0.15, -0.1) is 0 Å². The first-order valence-electron chi connectivity index (χ1n) is 6.87. The molecule has 1 aliphatic rings. The largest absolute Gasteiger partial charge is 0.370 e. The number of likely N-dealkylation sites (tertiary alicyclic amines) is 1. The van der Waals surface area contributed by atoms with Gasteiger partial charge in [0.2, 0.25) is 0 Å². The van der Waals surface area contributed by atoms with Gasteiger partial charge in [0.1, 0.15) is 0 Å². The van der Waals surface area contributed by atoms with Crippen molar-refractivity contribution >= 4 is 5.96 Å². The third-order valence-electron chi connectivity index (χ3n) is 3.22. The lowest BCUT2D eigenvalue weighted by molar-refractivity contribution is 0.174. The van der Waals surface area contributed by atoms with Crippen molar-refractivity contribution in [3.63, 3.8) is 0 Å². The van der Waals surface area contributed by atoms with Gasteiger partial charge in [0.05, 0.1) is 0 Å². The topological polar surface area (TPSA) is 53.6 Å². The second-order valence-electron chi connectivity index (χ2n) is 5.45. The van der Waals surface area contributed by atoms with E-state index in [-0.39, 0.29) is 0 Å². The van der Waals surface area contributed by atoms with E-state index in [2.05, 4.69) is 36.0 Å². The minimum atomic E-state index is 0.545. The van der Waals surface area contributed by atoms with Crippen molar-refractivity contribution in [2.75, 3.05) is 26.2 Å². The van der Waals surface area contributed by atoms with Gasteiger partial charge in [-0.3, -0.25) is 9.89 Å². The summed E-state index contributed by atoms with van der Waals surface area (Å²) < 4.78 is 0. The molecule has 0 aliphatic carbocycles. The summed E-state index contributed by atoms with van der Waals surface area (Å²) in [6, 6.07) is 0.545. The summed E-state index contributed by atoms with van der Waals surface area (Å²) in [5.41, 5.74) is 5.82. The van der Waals surface area contributed by atoms with Crippen LogP contribution >= 0.6 is 0 Å². The quantitative estimate of drug-likeness (QED) is 0.564. The molecule has 4 nitrogen and oxygen atoms in total. The fraction of sp³-hybridized carbons (Fsp3) is 0.923. The molecule has 100 valence electrons. The van der Waals surface area contributed by atoms with Crippen molar-refractivity contribution in [2.24, 2.45) is 16.6 Å². The smallest absolute Gasteiger partial charge is 0.188 e. The third-order valence-corrected chi connectivity index (χ3v) is 3.22. The van der Waals surface area contributed by atoms with Gasteiger partial charge in [-0.2, -0.15) is 0 Å². The standard InChI is InChI=1S/C13H28N4/c1-11(2)9-15-13(14)16-10-12(3)17-7-5-4-6-8-17/h11-12H,4-10H2,1-3H3,(H3,14,15,16).